The van der Waals surface area contributed by atoms with Crippen LogP contribution in [0.15, 0.2) is 66.7 Å². The molecule has 150 valence electrons. The van der Waals surface area contributed by atoms with Crippen molar-refractivity contribution in [1.29, 1.82) is 0 Å². The molecule has 1 aliphatic rings. The Morgan fingerprint density at radius 3 is 2.33 bits per heavy atom. The fourth-order valence-electron chi connectivity index (χ4n) is 3.49. The topological polar surface area (TPSA) is 75.7 Å². The molecule has 3 aromatic rings. The van der Waals surface area contributed by atoms with Crippen LogP contribution in [-0.4, -0.2) is 24.8 Å². The number of aryl methyl sites for hydroxylation is 1. The van der Waals surface area contributed by atoms with Crippen molar-refractivity contribution in [2.75, 3.05) is 17.3 Å². The van der Waals surface area contributed by atoms with Gasteiger partial charge in [0.15, 0.2) is 0 Å². The monoisotopic (exact) mass is 400 g/mol. The fourth-order valence-corrected chi connectivity index (χ4v) is 3.49. The Labute approximate surface area is 174 Å². The summed E-state index contributed by atoms with van der Waals surface area (Å²) in [6.45, 7) is 2.01. The molecule has 6 nitrogen and oxygen atoms in total. The molecule has 0 aliphatic carbocycles. The first kappa shape index (κ1) is 19.4. The molecule has 0 saturated heterocycles. The van der Waals surface area contributed by atoms with Crippen LogP contribution in [0.1, 0.15) is 43.6 Å². The SMILES string of the molecule is CCc1ccccc1NC(=O)c1ccc2c(c1)C(=O)N(c1ccc(OC)cc1)C2=O. The summed E-state index contributed by atoms with van der Waals surface area (Å²) in [5.74, 6) is -0.573. The summed E-state index contributed by atoms with van der Waals surface area (Å²) in [7, 11) is 1.54. The van der Waals surface area contributed by atoms with Crippen LogP contribution >= 0.6 is 0 Å². The summed E-state index contributed by atoms with van der Waals surface area (Å²) in [5.41, 5.74) is 3.01. The highest BCUT2D eigenvalue weighted by Gasteiger charge is 2.37. The number of para-hydroxylation sites is 1. The van der Waals surface area contributed by atoms with E-state index in [0.29, 0.717) is 17.0 Å². The predicted molar refractivity (Wildman–Crippen MR) is 114 cm³/mol. The largest absolute Gasteiger partial charge is 0.497 e. The van der Waals surface area contributed by atoms with Crippen molar-refractivity contribution < 1.29 is 19.1 Å². The lowest BCUT2D eigenvalue weighted by Gasteiger charge is -2.14. The van der Waals surface area contributed by atoms with E-state index >= 15 is 0 Å². The van der Waals surface area contributed by atoms with Crippen molar-refractivity contribution in [3.63, 3.8) is 0 Å². The van der Waals surface area contributed by atoms with Gasteiger partial charge in [0.2, 0.25) is 0 Å². The maximum atomic E-state index is 12.9. The van der Waals surface area contributed by atoms with E-state index in [0.717, 1.165) is 22.6 Å². The predicted octanol–water partition coefficient (Wildman–Crippen LogP) is 4.31. The molecule has 0 bridgehead atoms. The van der Waals surface area contributed by atoms with Crippen molar-refractivity contribution in [2.45, 2.75) is 13.3 Å². The number of ether oxygens (including phenoxy) is 1. The molecule has 1 heterocycles. The van der Waals surface area contributed by atoms with E-state index in [1.54, 1.807) is 37.4 Å². The fraction of sp³-hybridized carbons (Fsp3) is 0.125. The summed E-state index contributed by atoms with van der Waals surface area (Å²) in [5, 5.41) is 2.89. The van der Waals surface area contributed by atoms with Crippen LogP contribution in [0.5, 0.6) is 5.75 Å². The highest BCUT2D eigenvalue weighted by Crippen LogP contribution is 2.30. The molecule has 3 amide bonds. The summed E-state index contributed by atoms with van der Waals surface area (Å²) in [6.07, 6.45) is 0.782. The van der Waals surface area contributed by atoms with Gasteiger partial charge in [0.1, 0.15) is 5.75 Å². The number of hydrogen-bond donors (Lipinski definition) is 1. The molecule has 4 rings (SSSR count). The Balaban J connectivity index is 1.62. The van der Waals surface area contributed by atoms with Crippen LogP contribution in [-0.2, 0) is 6.42 Å². The Hall–Kier alpha value is -3.93. The van der Waals surface area contributed by atoms with E-state index in [2.05, 4.69) is 5.32 Å². The van der Waals surface area contributed by atoms with Gasteiger partial charge in [-0.2, -0.15) is 0 Å². The second kappa shape index (κ2) is 7.83. The second-order valence-electron chi connectivity index (χ2n) is 6.87. The lowest BCUT2D eigenvalue weighted by atomic mass is 10.0. The van der Waals surface area contributed by atoms with E-state index in [1.165, 1.54) is 12.1 Å². The van der Waals surface area contributed by atoms with Crippen LogP contribution in [0.25, 0.3) is 0 Å². The Kier molecular flexibility index (Phi) is 5.06. The molecule has 0 atom stereocenters. The minimum absolute atomic E-state index is 0.215. The molecule has 0 radical (unpaired) electrons. The maximum Gasteiger partial charge on any atom is 0.266 e. The molecule has 0 fully saturated rings. The summed E-state index contributed by atoms with van der Waals surface area (Å²) >= 11 is 0. The van der Waals surface area contributed by atoms with E-state index in [9.17, 15) is 14.4 Å². The van der Waals surface area contributed by atoms with Gasteiger partial charge in [-0.25, -0.2) is 4.90 Å². The Morgan fingerprint density at radius 2 is 1.63 bits per heavy atom. The van der Waals surface area contributed by atoms with Crippen LogP contribution in [0.4, 0.5) is 11.4 Å². The van der Waals surface area contributed by atoms with Gasteiger partial charge in [0.05, 0.1) is 23.9 Å². The normalized spacial score (nSPS) is 12.7. The lowest BCUT2D eigenvalue weighted by molar-refractivity contribution is 0.0925. The number of nitrogens with one attached hydrogen (secondary N) is 1. The number of fused-ring (bicyclic) bond motifs is 1. The van der Waals surface area contributed by atoms with E-state index in [-0.39, 0.29) is 17.0 Å². The van der Waals surface area contributed by atoms with Crippen molar-refractivity contribution in [1.82, 2.24) is 0 Å². The highest BCUT2D eigenvalue weighted by atomic mass is 16.5. The molecule has 30 heavy (non-hydrogen) atoms. The molecule has 0 spiro atoms. The number of nitrogens with zero attached hydrogens (tertiary/aromatic N) is 1. The number of carbonyl (C=O) groups is 3. The zero-order chi connectivity index (χ0) is 21.3. The van der Waals surface area contributed by atoms with Crippen LogP contribution in [0, 0.1) is 0 Å². The zero-order valence-electron chi connectivity index (χ0n) is 16.6. The summed E-state index contributed by atoms with van der Waals surface area (Å²) in [6, 6.07) is 18.8. The summed E-state index contributed by atoms with van der Waals surface area (Å²) in [4.78, 5) is 39.6. The smallest absolute Gasteiger partial charge is 0.266 e. The maximum absolute atomic E-state index is 12.9. The number of imide groups is 1. The number of hydrogen-bond acceptors (Lipinski definition) is 4. The molecular weight excluding hydrogens is 380 g/mol. The van der Waals surface area contributed by atoms with Gasteiger partial charge in [0.25, 0.3) is 17.7 Å². The number of methoxy groups -OCH3 is 1. The first-order valence-electron chi connectivity index (χ1n) is 9.59. The third-order valence-corrected chi connectivity index (χ3v) is 5.13. The first-order chi connectivity index (χ1) is 14.5. The molecule has 0 unspecified atom stereocenters. The number of rotatable bonds is 5. The number of carbonyl (C=O) groups excluding carboxylic acids is 3. The zero-order valence-corrected chi connectivity index (χ0v) is 16.6. The minimum Gasteiger partial charge on any atom is -0.497 e. The number of benzene rings is 3. The van der Waals surface area contributed by atoms with Crippen LogP contribution < -0.4 is 15.0 Å². The van der Waals surface area contributed by atoms with E-state index < -0.39 is 11.8 Å². The van der Waals surface area contributed by atoms with Gasteiger partial charge < -0.3 is 10.1 Å². The van der Waals surface area contributed by atoms with Crippen molar-refractivity contribution in [2.24, 2.45) is 0 Å². The quantitative estimate of drug-likeness (QED) is 0.648. The van der Waals surface area contributed by atoms with Crippen molar-refractivity contribution >= 4 is 29.1 Å². The van der Waals surface area contributed by atoms with Gasteiger partial charge in [-0.05, 0) is 60.5 Å². The number of anilines is 2. The van der Waals surface area contributed by atoms with Gasteiger partial charge >= 0.3 is 0 Å². The van der Waals surface area contributed by atoms with Crippen LogP contribution in [0.2, 0.25) is 0 Å². The number of amides is 3. The van der Waals surface area contributed by atoms with Gasteiger partial charge in [0, 0.05) is 11.3 Å². The first-order valence-corrected chi connectivity index (χ1v) is 9.59. The molecule has 1 aliphatic heterocycles. The third-order valence-electron chi connectivity index (χ3n) is 5.13. The van der Waals surface area contributed by atoms with Gasteiger partial charge in [-0.1, -0.05) is 25.1 Å². The Bertz CT molecular complexity index is 1150. The lowest BCUT2D eigenvalue weighted by Crippen LogP contribution is -2.29. The third kappa shape index (κ3) is 3.33. The van der Waals surface area contributed by atoms with Crippen LogP contribution in [0.3, 0.4) is 0 Å². The molecule has 1 N–H and O–H groups in total. The standard InChI is InChI=1S/C24H20N2O4/c1-3-15-6-4-5-7-21(15)25-22(27)16-8-13-19-20(14-16)24(29)26(23(19)28)17-9-11-18(30-2)12-10-17/h4-14H,3H2,1-2H3,(H,25,27). The average molecular weight is 400 g/mol. The van der Waals surface area contributed by atoms with Crippen molar-refractivity contribution in [3.05, 3.63) is 89.0 Å². The van der Waals surface area contributed by atoms with Gasteiger partial charge in [-0.15, -0.1) is 0 Å². The average Bonchev–Trinajstić information content (AvgIpc) is 3.03. The molecule has 3 aromatic carbocycles. The molecule has 6 heteroatoms. The second-order valence-corrected chi connectivity index (χ2v) is 6.87. The minimum atomic E-state index is -0.455. The Morgan fingerprint density at radius 1 is 0.933 bits per heavy atom. The molecule has 0 saturated carbocycles. The summed E-state index contributed by atoms with van der Waals surface area (Å²) < 4.78 is 5.12. The highest BCUT2D eigenvalue weighted by molar-refractivity contribution is 6.34. The molecule has 0 aromatic heterocycles. The van der Waals surface area contributed by atoms with Crippen molar-refractivity contribution in [3.8, 4) is 5.75 Å². The van der Waals surface area contributed by atoms with Gasteiger partial charge in [-0.3, -0.25) is 14.4 Å². The van der Waals surface area contributed by atoms with E-state index in [1.807, 2.05) is 31.2 Å². The van der Waals surface area contributed by atoms with E-state index in [4.69, 9.17) is 4.74 Å². The molecular formula is C24H20N2O4.